The maximum absolute atomic E-state index is 5.52. The van der Waals surface area contributed by atoms with E-state index in [9.17, 15) is 0 Å². The molecule has 0 aromatic heterocycles. The molecule has 0 spiro atoms. The summed E-state index contributed by atoms with van der Waals surface area (Å²) in [5.74, 6) is 1.68. The third-order valence-corrected chi connectivity index (χ3v) is 8.76. The largest absolute Gasteiger partial charge is 0.497 e. The molecule has 5 aromatic carbocycles. The van der Waals surface area contributed by atoms with Crippen LogP contribution in [0, 0.1) is 0 Å². The van der Waals surface area contributed by atoms with Crippen LogP contribution in [0.1, 0.15) is 33.7 Å². The van der Waals surface area contributed by atoms with Crippen molar-refractivity contribution >= 4 is 33.5 Å². The molecule has 0 bridgehead atoms. The van der Waals surface area contributed by atoms with Gasteiger partial charge in [-0.25, -0.2) is 0 Å². The summed E-state index contributed by atoms with van der Waals surface area (Å²) in [6.07, 6.45) is 8.37. The van der Waals surface area contributed by atoms with Gasteiger partial charge >= 0.3 is 5.78 Å². The Morgan fingerprint density at radius 1 is 0.630 bits per heavy atom. The van der Waals surface area contributed by atoms with Crippen molar-refractivity contribution in [3.8, 4) is 5.75 Å². The number of benzene rings is 5. The van der Waals surface area contributed by atoms with Crippen molar-refractivity contribution < 1.29 is 9.16 Å². The van der Waals surface area contributed by atoms with E-state index < -0.39 is 0 Å². The first kappa shape index (κ1) is 30.7. The minimum Gasteiger partial charge on any atom is -0.497 e. The van der Waals surface area contributed by atoms with E-state index >= 15 is 0 Å². The number of ketones is 1. The van der Waals surface area contributed by atoms with Gasteiger partial charge in [0, 0.05) is 57.6 Å². The summed E-state index contributed by atoms with van der Waals surface area (Å²) < 4.78 is 11.0. The van der Waals surface area contributed by atoms with Gasteiger partial charge < -0.3 is 14.5 Å². The van der Waals surface area contributed by atoms with Crippen molar-refractivity contribution in [2.75, 3.05) is 52.2 Å². The molecule has 5 aromatic rings. The number of fused-ring (bicyclic) bond motifs is 1. The molecule has 6 rings (SSSR count). The Kier molecular flexibility index (Phi) is 8.89. The fourth-order valence-corrected chi connectivity index (χ4v) is 6.29. The van der Waals surface area contributed by atoms with Crippen LogP contribution in [0.3, 0.4) is 0 Å². The number of carbonyl (C=O) groups excluding carboxylic acids is 1. The van der Waals surface area contributed by atoms with Crippen LogP contribution in [0.5, 0.6) is 5.75 Å². The van der Waals surface area contributed by atoms with Gasteiger partial charge in [0.25, 0.3) is 7.11 Å². The maximum Gasteiger partial charge on any atom is 0.343 e. The molecule has 0 saturated carbocycles. The normalized spacial score (nSPS) is 12.5. The summed E-state index contributed by atoms with van der Waals surface area (Å²) in [4.78, 5) is 4.29. The summed E-state index contributed by atoms with van der Waals surface area (Å²) >= 11 is 0. The van der Waals surface area contributed by atoms with Crippen molar-refractivity contribution in [2.45, 2.75) is 5.92 Å². The highest BCUT2D eigenvalue weighted by Gasteiger charge is 2.23. The first-order valence-electron chi connectivity index (χ1n) is 15.6. The summed E-state index contributed by atoms with van der Waals surface area (Å²) in [7, 11) is 11.7. The van der Waals surface area contributed by atoms with Crippen molar-refractivity contribution in [1.29, 1.82) is 0 Å². The summed E-state index contributed by atoms with van der Waals surface area (Å²) in [5.41, 5.74) is 10.7. The first-order chi connectivity index (χ1) is 22.4. The number of ether oxygens (including phenoxy) is 1. The van der Waals surface area contributed by atoms with Gasteiger partial charge in [-0.15, -0.1) is 0 Å². The van der Waals surface area contributed by atoms with Crippen LogP contribution in [-0.2, 0) is 4.42 Å². The van der Waals surface area contributed by atoms with E-state index in [4.69, 9.17) is 9.16 Å². The smallest absolute Gasteiger partial charge is 0.343 e. The lowest BCUT2D eigenvalue weighted by molar-refractivity contribution is -0.417. The average Bonchev–Trinajstić information content (AvgIpc) is 3.09. The van der Waals surface area contributed by atoms with Crippen molar-refractivity contribution in [3.63, 3.8) is 0 Å². The number of hydrogen-bond donors (Lipinski definition) is 0. The van der Waals surface area contributed by atoms with Crippen LogP contribution in [0.2, 0.25) is 0 Å². The van der Waals surface area contributed by atoms with E-state index in [0.717, 1.165) is 28.2 Å². The van der Waals surface area contributed by atoms with Crippen molar-refractivity contribution in [2.24, 2.45) is 0 Å². The van der Waals surface area contributed by atoms with Gasteiger partial charge in [0.2, 0.25) is 0 Å². The Hall–Kier alpha value is -5.35. The van der Waals surface area contributed by atoms with Gasteiger partial charge in [-0.1, -0.05) is 72.8 Å². The number of hydrogen-bond acceptors (Lipinski definition) is 3. The predicted molar refractivity (Wildman–Crippen MR) is 195 cm³/mol. The molecule has 1 aliphatic rings. The lowest BCUT2D eigenvalue weighted by atomic mass is 9.79. The molecule has 0 atom stereocenters. The highest BCUT2D eigenvalue weighted by Crippen LogP contribution is 2.42. The molecule has 230 valence electrons. The second-order valence-corrected chi connectivity index (χ2v) is 12.0. The van der Waals surface area contributed by atoms with E-state index in [1.54, 1.807) is 14.2 Å². The molecule has 0 fully saturated rings. The van der Waals surface area contributed by atoms with Crippen LogP contribution >= 0.6 is 0 Å². The van der Waals surface area contributed by atoms with E-state index in [0.29, 0.717) is 0 Å². The van der Waals surface area contributed by atoms with Gasteiger partial charge in [0.05, 0.1) is 7.11 Å². The number of rotatable bonds is 8. The Balaban J connectivity index is 1.64. The van der Waals surface area contributed by atoms with E-state index in [-0.39, 0.29) is 5.92 Å². The van der Waals surface area contributed by atoms with E-state index in [1.165, 1.54) is 44.4 Å². The Morgan fingerprint density at radius 2 is 1.17 bits per heavy atom. The first-order valence-corrected chi connectivity index (χ1v) is 15.6. The molecule has 0 amide bonds. The highest BCUT2D eigenvalue weighted by molar-refractivity contribution is 6.06. The molecule has 1 aliphatic carbocycles. The van der Waals surface area contributed by atoms with E-state index in [1.807, 2.05) is 24.3 Å². The topological polar surface area (TPSA) is 27.0 Å². The molecular weight excluding hydrogens is 564 g/mol. The fraction of sp³-hybridized carbons (Fsp3) is 0.167. The zero-order chi connectivity index (χ0) is 32.2. The fourth-order valence-electron chi connectivity index (χ4n) is 6.29. The third kappa shape index (κ3) is 6.12. The molecule has 4 heteroatoms. The van der Waals surface area contributed by atoms with Crippen LogP contribution in [-0.4, -0.2) is 48.2 Å². The molecule has 0 saturated heterocycles. The minimum atomic E-state index is 0.0188. The lowest BCUT2D eigenvalue weighted by Gasteiger charge is -2.25. The zero-order valence-corrected chi connectivity index (χ0v) is 27.5. The summed E-state index contributed by atoms with van der Waals surface area (Å²) in [6.45, 7) is 0. The number of allylic oxidation sites excluding steroid dienone is 5. The third-order valence-electron chi connectivity index (χ3n) is 8.76. The molecule has 4 nitrogen and oxygen atoms in total. The van der Waals surface area contributed by atoms with Crippen molar-refractivity contribution in [3.05, 3.63) is 167 Å². The highest BCUT2D eigenvalue weighted by atomic mass is 16.5. The van der Waals surface area contributed by atoms with Crippen LogP contribution < -0.4 is 14.5 Å². The summed E-state index contributed by atoms with van der Waals surface area (Å²) in [5, 5.41) is 2.44. The van der Waals surface area contributed by atoms with Crippen LogP contribution in [0.15, 0.2) is 139 Å². The number of nitrogens with zero attached hydrogens (tertiary/aromatic N) is 2. The average molecular weight is 606 g/mol. The maximum atomic E-state index is 5.52. The van der Waals surface area contributed by atoms with Gasteiger partial charge in [-0.3, -0.25) is 4.42 Å². The van der Waals surface area contributed by atoms with Gasteiger partial charge in [0.15, 0.2) is 0 Å². The quantitative estimate of drug-likeness (QED) is 0.131. The molecule has 0 N–H and O–H groups in total. The molecule has 46 heavy (non-hydrogen) atoms. The number of methoxy groups -OCH3 is 1. The second-order valence-electron chi connectivity index (χ2n) is 12.0. The van der Waals surface area contributed by atoms with Gasteiger partial charge in [-0.2, -0.15) is 0 Å². The zero-order valence-electron chi connectivity index (χ0n) is 27.5. The molecule has 0 aliphatic heterocycles. The summed E-state index contributed by atoms with van der Waals surface area (Å²) in [6, 6.07) is 39.7. The molecule has 0 unspecified atom stereocenters. The lowest BCUT2D eigenvalue weighted by Crippen LogP contribution is -2.11. The SMILES string of the molecule is COc1ccc(C(=C2C=CC(=[O+]C)C=C2)c2cccc3cccc(C(c4ccc(N(C)C)cc4)c4ccc(N(C)C)cc4)c23)cc1. The van der Waals surface area contributed by atoms with Gasteiger partial charge in [-0.05, 0) is 98.3 Å². The monoisotopic (exact) mass is 605 g/mol. The Bertz CT molecular complexity index is 1890. The Labute approximate surface area is 272 Å². The van der Waals surface area contributed by atoms with E-state index in [2.05, 4.69) is 147 Å². The van der Waals surface area contributed by atoms with Crippen LogP contribution in [0.4, 0.5) is 11.4 Å². The second kappa shape index (κ2) is 13.3. The number of anilines is 2. The van der Waals surface area contributed by atoms with Crippen molar-refractivity contribution in [1.82, 2.24) is 0 Å². The Morgan fingerprint density at radius 3 is 1.67 bits per heavy atom. The predicted octanol–water partition coefficient (Wildman–Crippen LogP) is 8.82. The minimum absolute atomic E-state index is 0.0188. The standard InChI is InChI=1S/C42H41N2O2/c1-43(2)34-21-13-30(14-22-34)40(31-15-23-35(24-16-31)44(3)4)38-11-7-9-29-10-8-12-39(42(29)38)41(32-17-25-36(45-5)26-18-32)33-19-27-37(46-6)28-20-33/h7-28,40H,1-6H3/q+1. The van der Waals surface area contributed by atoms with Gasteiger partial charge in [0.1, 0.15) is 5.75 Å². The molecule has 0 heterocycles. The molecule has 0 radical (unpaired) electrons. The van der Waals surface area contributed by atoms with Crippen LogP contribution in [0.25, 0.3) is 16.3 Å². The molecular formula is C42H41N2O2+.